The maximum absolute atomic E-state index is 13.4. The lowest BCUT2D eigenvalue weighted by Gasteiger charge is -2.38. The van der Waals surface area contributed by atoms with Crippen LogP contribution in [0.15, 0.2) is 54.6 Å². The summed E-state index contributed by atoms with van der Waals surface area (Å²) in [6.45, 7) is 4.76. The third kappa shape index (κ3) is 5.60. The molecule has 10 heteroatoms. The molecule has 3 aliphatic heterocycles. The molecule has 198 valence electrons. The summed E-state index contributed by atoms with van der Waals surface area (Å²) in [5, 5.41) is 2.98. The number of rotatable bonds is 6. The number of benzene rings is 2. The normalized spacial score (nSPS) is 21.1. The van der Waals surface area contributed by atoms with Gasteiger partial charge in [-0.05, 0) is 43.0 Å². The van der Waals surface area contributed by atoms with Crippen LogP contribution in [-0.2, 0) is 17.4 Å². The van der Waals surface area contributed by atoms with Crippen molar-refractivity contribution < 1.29 is 22.8 Å². The first-order valence-electron chi connectivity index (χ1n) is 12.8. The Morgan fingerprint density at radius 3 is 2.22 bits per heavy atom. The van der Waals surface area contributed by atoms with Crippen molar-refractivity contribution in [3.05, 3.63) is 65.7 Å². The number of hydrogen-bond donors (Lipinski definition) is 1. The van der Waals surface area contributed by atoms with Crippen molar-refractivity contribution >= 4 is 17.6 Å². The molecule has 0 aliphatic carbocycles. The quantitative estimate of drug-likeness (QED) is 0.598. The van der Waals surface area contributed by atoms with Crippen molar-refractivity contribution in [2.24, 2.45) is 0 Å². The van der Waals surface area contributed by atoms with Gasteiger partial charge in [-0.2, -0.15) is 13.2 Å². The summed E-state index contributed by atoms with van der Waals surface area (Å²) in [4.78, 5) is 33.7. The first kappa shape index (κ1) is 25.5. The summed E-state index contributed by atoms with van der Waals surface area (Å²) in [5.41, 5.74) is 0.318. The van der Waals surface area contributed by atoms with Crippen molar-refractivity contribution in [3.63, 3.8) is 0 Å². The van der Waals surface area contributed by atoms with Crippen LogP contribution in [0, 0.1) is 0 Å². The van der Waals surface area contributed by atoms with Gasteiger partial charge in [-0.3, -0.25) is 9.69 Å². The summed E-state index contributed by atoms with van der Waals surface area (Å²) in [5.74, 6) is -0.166. The van der Waals surface area contributed by atoms with E-state index in [-0.39, 0.29) is 18.6 Å². The summed E-state index contributed by atoms with van der Waals surface area (Å²) in [6, 6.07) is 15.3. The Morgan fingerprint density at radius 2 is 1.54 bits per heavy atom. The first-order chi connectivity index (χ1) is 17.7. The van der Waals surface area contributed by atoms with Crippen LogP contribution in [0.2, 0.25) is 0 Å². The van der Waals surface area contributed by atoms with Crippen LogP contribution in [0.4, 0.5) is 23.7 Å². The number of nitrogens with one attached hydrogen (secondary N) is 1. The van der Waals surface area contributed by atoms with Gasteiger partial charge in [-0.25, -0.2) is 9.69 Å². The molecule has 37 heavy (non-hydrogen) atoms. The van der Waals surface area contributed by atoms with Gasteiger partial charge in [0.15, 0.2) is 0 Å². The average molecular weight is 516 g/mol. The van der Waals surface area contributed by atoms with E-state index in [0.29, 0.717) is 44.7 Å². The van der Waals surface area contributed by atoms with E-state index in [1.54, 1.807) is 6.07 Å². The number of piperazine rings is 1. The standard InChI is InChI=1S/C27H32F3N5O2/c28-27(29,30)22-7-4-8-23(19-22)34-17-15-33(16-18-34)20-35-24(36)26(31-25(35)37)10-13-32(14-11-26)12-9-21-5-2-1-3-6-21/h1-8,19H,9-18,20H2,(H,31,37). The second-order valence-electron chi connectivity index (χ2n) is 10.1. The summed E-state index contributed by atoms with van der Waals surface area (Å²) in [7, 11) is 0. The van der Waals surface area contributed by atoms with E-state index in [4.69, 9.17) is 0 Å². The molecule has 0 bridgehead atoms. The number of urea groups is 1. The van der Waals surface area contributed by atoms with E-state index < -0.39 is 17.3 Å². The number of halogens is 3. The lowest BCUT2D eigenvalue weighted by atomic mass is 9.87. The van der Waals surface area contributed by atoms with Gasteiger partial charge < -0.3 is 15.1 Å². The number of likely N-dealkylation sites (tertiary alicyclic amines) is 1. The van der Waals surface area contributed by atoms with E-state index in [1.165, 1.54) is 22.6 Å². The van der Waals surface area contributed by atoms with E-state index in [1.807, 2.05) is 28.0 Å². The molecule has 0 aromatic heterocycles. The van der Waals surface area contributed by atoms with E-state index >= 15 is 0 Å². The van der Waals surface area contributed by atoms with Crippen LogP contribution >= 0.6 is 0 Å². The zero-order valence-electron chi connectivity index (χ0n) is 20.7. The van der Waals surface area contributed by atoms with Crippen molar-refractivity contribution in [2.45, 2.75) is 31.0 Å². The number of alkyl halides is 3. The third-order valence-electron chi connectivity index (χ3n) is 7.77. The van der Waals surface area contributed by atoms with Crippen molar-refractivity contribution in [3.8, 4) is 0 Å². The molecule has 3 fully saturated rings. The number of carbonyl (C=O) groups is 2. The SMILES string of the molecule is O=C1NC2(CCN(CCc3ccccc3)CC2)C(=O)N1CN1CCN(c2cccc(C(F)(F)F)c2)CC1. The predicted molar refractivity (Wildman–Crippen MR) is 134 cm³/mol. The second kappa shape index (κ2) is 10.3. The molecule has 1 N–H and O–H groups in total. The lowest BCUT2D eigenvalue weighted by Crippen LogP contribution is -2.56. The Balaban J connectivity index is 1.12. The molecule has 3 saturated heterocycles. The minimum atomic E-state index is -4.38. The maximum Gasteiger partial charge on any atom is 0.416 e. The smallest absolute Gasteiger partial charge is 0.369 e. The number of piperidine rings is 1. The Bertz CT molecular complexity index is 1110. The fraction of sp³-hybridized carbons (Fsp3) is 0.481. The van der Waals surface area contributed by atoms with Gasteiger partial charge in [0, 0.05) is 51.5 Å². The van der Waals surface area contributed by atoms with Crippen molar-refractivity contribution in [1.82, 2.24) is 20.0 Å². The second-order valence-corrected chi connectivity index (χ2v) is 10.1. The number of amides is 3. The van der Waals surface area contributed by atoms with Crippen LogP contribution in [0.25, 0.3) is 0 Å². The average Bonchev–Trinajstić information content (AvgIpc) is 3.13. The fourth-order valence-corrected chi connectivity index (χ4v) is 5.46. The van der Waals surface area contributed by atoms with E-state index in [9.17, 15) is 22.8 Å². The highest BCUT2D eigenvalue weighted by Crippen LogP contribution is 2.32. The predicted octanol–water partition coefficient (Wildman–Crippen LogP) is 3.41. The fourth-order valence-electron chi connectivity index (χ4n) is 5.46. The van der Waals surface area contributed by atoms with Crippen molar-refractivity contribution in [1.29, 1.82) is 0 Å². The molecule has 7 nitrogen and oxygen atoms in total. The molecule has 5 rings (SSSR count). The molecule has 2 aromatic rings. The Hall–Kier alpha value is -3.11. The van der Waals surface area contributed by atoms with Crippen LogP contribution in [0.3, 0.4) is 0 Å². The lowest BCUT2D eigenvalue weighted by molar-refractivity contribution is -0.137. The molecule has 3 aliphatic rings. The van der Waals surface area contributed by atoms with Crippen LogP contribution in [0.1, 0.15) is 24.0 Å². The monoisotopic (exact) mass is 515 g/mol. The van der Waals surface area contributed by atoms with Gasteiger partial charge in [0.05, 0.1) is 12.2 Å². The van der Waals surface area contributed by atoms with Gasteiger partial charge in [0.2, 0.25) is 0 Å². The molecular formula is C27H32F3N5O2. The molecule has 3 heterocycles. The van der Waals surface area contributed by atoms with Crippen molar-refractivity contribution in [2.75, 3.05) is 57.4 Å². The largest absolute Gasteiger partial charge is 0.416 e. The van der Waals surface area contributed by atoms with E-state index in [0.717, 1.165) is 32.1 Å². The summed E-state index contributed by atoms with van der Waals surface area (Å²) < 4.78 is 39.2. The van der Waals surface area contributed by atoms with Crippen LogP contribution < -0.4 is 10.2 Å². The number of imide groups is 1. The number of nitrogens with zero attached hydrogens (tertiary/aromatic N) is 4. The molecule has 0 saturated carbocycles. The van der Waals surface area contributed by atoms with Crippen LogP contribution in [0.5, 0.6) is 0 Å². The number of hydrogen-bond acceptors (Lipinski definition) is 5. The molecule has 2 aromatic carbocycles. The molecule has 0 unspecified atom stereocenters. The molecular weight excluding hydrogens is 483 g/mol. The minimum absolute atomic E-state index is 0.166. The highest BCUT2D eigenvalue weighted by atomic mass is 19.4. The zero-order chi connectivity index (χ0) is 26.0. The highest BCUT2D eigenvalue weighted by Gasteiger charge is 2.52. The Labute approximate surface area is 214 Å². The highest BCUT2D eigenvalue weighted by molar-refractivity contribution is 6.07. The molecule has 1 spiro atoms. The first-order valence-corrected chi connectivity index (χ1v) is 12.8. The minimum Gasteiger partial charge on any atom is -0.369 e. The van der Waals surface area contributed by atoms with E-state index in [2.05, 4.69) is 22.3 Å². The Kier molecular flexibility index (Phi) is 7.13. The van der Waals surface area contributed by atoms with Gasteiger partial charge in [-0.1, -0.05) is 36.4 Å². The topological polar surface area (TPSA) is 59.1 Å². The zero-order valence-corrected chi connectivity index (χ0v) is 20.7. The van der Waals surface area contributed by atoms with Gasteiger partial charge in [-0.15, -0.1) is 0 Å². The third-order valence-corrected chi connectivity index (χ3v) is 7.77. The molecule has 3 amide bonds. The van der Waals surface area contributed by atoms with Gasteiger partial charge in [0.1, 0.15) is 5.54 Å². The number of anilines is 1. The molecule has 0 radical (unpaired) electrons. The van der Waals surface area contributed by atoms with Gasteiger partial charge in [0.25, 0.3) is 5.91 Å². The number of carbonyl (C=O) groups excluding carboxylic acids is 2. The van der Waals surface area contributed by atoms with Gasteiger partial charge >= 0.3 is 12.2 Å². The molecule has 0 atom stereocenters. The Morgan fingerprint density at radius 1 is 0.838 bits per heavy atom. The maximum atomic E-state index is 13.4. The summed E-state index contributed by atoms with van der Waals surface area (Å²) >= 11 is 0. The van der Waals surface area contributed by atoms with Crippen LogP contribution in [-0.4, -0.2) is 84.7 Å². The summed E-state index contributed by atoms with van der Waals surface area (Å²) in [6.07, 6.45) is -2.25.